The molecule has 1 N–H and O–H groups in total. The third-order valence-corrected chi connectivity index (χ3v) is 5.69. The number of nitrogens with zero attached hydrogens (tertiary/aromatic N) is 1. The van der Waals surface area contributed by atoms with E-state index in [1.165, 1.54) is 44.8 Å². The smallest absolute Gasteiger partial charge is 0.303 e. The molecule has 1 aromatic heterocycles. The lowest BCUT2D eigenvalue weighted by atomic mass is 10.1. The third kappa shape index (κ3) is 6.13. The largest absolute Gasteiger partial charge is 0.493 e. The zero-order valence-electron chi connectivity index (χ0n) is 17.7. The molecule has 32 heavy (non-hydrogen) atoms. The number of esters is 3. The molecule has 0 radical (unpaired) electrons. The Morgan fingerprint density at radius 2 is 1.62 bits per heavy atom. The Kier molecular flexibility index (Phi) is 7.57. The van der Waals surface area contributed by atoms with Gasteiger partial charge in [-0.1, -0.05) is 12.1 Å². The molecular weight excluding hydrogens is 438 g/mol. The fourth-order valence-corrected chi connectivity index (χ4v) is 4.47. The fraction of sp³-hybridized carbons (Fsp3) is 0.364. The molecule has 4 atom stereocenters. The van der Waals surface area contributed by atoms with Gasteiger partial charge in [0.15, 0.2) is 23.7 Å². The van der Waals surface area contributed by atoms with Gasteiger partial charge in [0, 0.05) is 44.4 Å². The first kappa shape index (κ1) is 23.4. The topological polar surface area (TPSA) is 121 Å². The summed E-state index contributed by atoms with van der Waals surface area (Å²) < 4.78 is 22.2. The van der Waals surface area contributed by atoms with Gasteiger partial charge in [0.2, 0.25) is 5.88 Å². The van der Waals surface area contributed by atoms with Crippen LogP contribution in [0.5, 0.6) is 11.6 Å². The van der Waals surface area contributed by atoms with Gasteiger partial charge in [0.1, 0.15) is 5.75 Å². The van der Waals surface area contributed by atoms with Crippen molar-refractivity contribution in [3.63, 3.8) is 0 Å². The van der Waals surface area contributed by atoms with Crippen LogP contribution in [0, 0.1) is 0 Å². The normalized spacial score (nSPS) is 22.5. The van der Waals surface area contributed by atoms with Gasteiger partial charge in [0.05, 0.1) is 0 Å². The number of pyridine rings is 1. The van der Waals surface area contributed by atoms with Crippen LogP contribution >= 0.6 is 11.8 Å². The van der Waals surface area contributed by atoms with Crippen LogP contribution in [0.15, 0.2) is 42.6 Å². The van der Waals surface area contributed by atoms with E-state index in [1.807, 2.05) is 6.07 Å². The number of thioether (sulfide) groups is 1. The van der Waals surface area contributed by atoms with E-state index >= 15 is 0 Å². The third-order valence-electron chi connectivity index (χ3n) is 4.47. The van der Waals surface area contributed by atoms with E-state index in [2.05, 4.69) is 4.98 Å². The number of rotatable bonds is 6. The van der Waals surface area contributed by atoms with Gasteiger partial charge in [-0.05, 0) is 23.8 Å². The Labute approximate surface area is 189 Å². The predicted molar refractivity (Wildman–Crippen MR) is 115 cm³/mol. The number of carbonyl (C=O) groups is 3. The average Bonchev–Trinajstić information content (AvgIpc) is 2.72. The molecule has 2 heterocycles. The summed E-state index contributed by atoms with van der Waals surface area (Å²) in [5, 5.41) is 9.39. The van der Waals surface area contributed by atoms with Crippen LogP contribution in [-0.4, -0.2) is 57.5 Å². The zero-order chi connectivity index (χ0) is 23.3. The van der Waals surface area contributed by atoms with Crippen LogP contribution in [0.2, 0.25) is 0 Å². The summed E-state index contributed by atoms with van der Waals surface area (Å²) in [6.45, 7) is 3.71. The van der Waals surface area contributed by atoms with Crippen molar-refractivity contribution in [2.75, 3.05) is 5.75 Å². The van der Waals surface area contributed by atoms with Crippen molar-refractivity contribution in [1.82, 2.24) is 4.98 Å². The van der Waals surface area contributed by atoms with Gasteiger partial charge >= 0.3 is 17.9 Å². The maximum absolute atomic E-state index is 11.8. The number of ether oxygens (including phenoxy) is 4. The lowest BCUT2D eigenvalue weighted by Gasteiger charge is -2.39. The molecule has 1 aromatic carbocycles. The highest BCUT2D eigenvalue weighted by molar-refractivity contribution is 7.99. The van der Waals surface area contributed by atoms with Crippen molar-refractivity contribution in [2.45, 2.75) is 44.5 Å². The van der Waals surface area contributed by atoms with E-state index in [0.29, 0.717) is 5.75 Å². The van der Waals surface area contributed by atoms with Gasteiger partial charge < -0.3 is 24.1 Å². The van der Waals surface area contributed by atoms with E-state index in [4.69, 9.17) is 18.9 Å². The molecule has 0 bridgehead atoms. The number of benzene rings is 1. The van der Waals surface area contributed by atoms with Gasteiger partial charge in [-0.25, -0.2) is 4.98 Å². The minimum absolute atomic E-state index is 0.0807. The van der Waals surface area contributed by atoms with E-state index < -0.39 is 41.7 Å². The van der Waals surface area contributed by atoms with Gasteiger partial charge in [-0.3, -0.25) is 14.4 Å². The number of carbonyl (C=O) groups excluding carboxylic acids is 3. The average molecular weight is 461 g/mol. The molecule has 2 aromatic rings. The lowest BCUT2D eigenvalue weighted by molar-refractivity contribution is -0.186. The Hall–Kier alpha value is -3.27. The molecular formula is C22H23NO8S. The molecule has 1 aliphatic heterocycles. The van der Waals surface area contributed by atoms with Crippen molar-refractivity contribution >= 4 is 29.7 Å². The van der Waals surface area contributed by atoms with E-state index in [9.17, 15) is 19.5 Å². The highest BCUT2D eigenvalue weighted by Crippen LogP contribution is 2.35. The van der Waals surface area contributed by atoms with Crippen LogP contribution in [0.4, 0.5) is 0 Å². The van der Waals surface area contributed by atoms with Crippen molar-refractivity contribution in [2.24, 2.45) is 0 Å². The summed E-state index contributed by atoms with van der Waals surface area (Å²) in [7, 11) is 0. The Morgan fingerprint density at radius 3 is 2.25 bits per heavy atom. The van der Waals surface area contributed by atoms with Crippen LogP contribution in [-0.2, 0) is 28.6 Å². The molecule has 0 amide bonds. The molecule has 3 rings (SSSR count). The molecule has 9 nitrogen and oxygen atoms in total. The van der Waals surface area contributed by atoms with Crippen LogP contribution < -0.4 is 4.74 Å². The van der Waals surface area contributed by atoms with Gasteiger partial charge in [-0.2, -0.15) is 0 Å². The molecule has 1 aliphatic rings. The lowest BCUT2D eigenvalue weighted by Crippen LogP contribution is -2.55. The first-order valence-corrected chi connectivity index (χ1v) is 10.8. The quantitative estimate of drug-likeness (QED) is 0.507. The number of aromatic nitrogens is 1. The van der Waals surface area contributed by atoms with Gasteiger partial charge in [-0.15, -0.1) is 11.8 Å². The monoisotopic (exact) mass is 461 g/mol. The molecule has 0 aliphatic carbocycles. The molecule has 0 saturated carbocycles. The Bertz CT molecular complexity index is 980. The first-order chi connectivity index (χ1) is 15.2. The van der Waals surface area contributed by atoms with Crippen molar-refractivity contribution < 1.29 is 38.4 Å². The predicted octanol–water partition coefficient (Wildman–Crippen LogP) is 2.70. The molecule has 1 saturated heterocycles. The van der Waals surface area contributed by atoms with Crippen molar-refractivity contribution in [3.05, 3.63) is 42.6 Å². The summed E-state index contributed by atoms with van der Waals surface area (Å²) >= 11 is 1.28. The van der Waals surface area contributed by atoms with E-state index in [-0.39, 0.29) is 11.6 Å². The molecule has 1 fully saturated rings. The van der Waals surface area contributed by atoms with Crippen molar-refractivity contribution in [3.8, 4) is 22.8 Å². The van der Waals surface area contributed by atoms with Crippen molar-refractivity contribution in [1.29, 1.82) is 0 Å². The molecule has 170 valence electrons. The van der Waals surface area contributed by atoms with E-state index in [1.54, 1.807) is 24.3 Å². The molecule has 0 unspecified atom stereocenters. The summed E-state index contributed by atoms with van der Waals surface area (Å²) in [6.07, 6.45) is -1.28. The number of hydrogen-bond acceptors (Lipinski definition) is 10. The first-order valence-electron chi connectivity index (χ1n) is 9.78. The molecule has 10 heteroatoms. The highest BCUT2D eigenvalue weighted by Gasteiger charge is 2.47. The second kappa shape index (κ2) is 10.4. The Morgan fingerprint density at radius 1 is 0.938 bits per heavy atom. The second-order valence-corrected chi connectivity index (χ2v) is 8.18. The van der Waals surface area contributed by atoms with Crippen LogP contribution in [0.3, 0.4) is 0 Å². The van der Waals surface area contributed by atoms with Crippen LogP contribution in [0.1, 0.15) is 20.8 Å². The summed E-state index contributed by atoms with van der Waals surface area (Å²) in [4.78, 5) is 38.8. The van der Waals surface area contributed by atoms with Crippen LogP contribution in [0.25, 0.3) is 11.1 Å². The summed E-state index contributed by atoms with van der Waals surface area (Å²) in [5.74, 6) is -1.04. The van der Waals surface area contributed by atoms with Gasteiger partial charge in [0.25, 0.3) is 0 Å². The minimum Gasteiger partial charge on any atom is -0.493 e. The standard InChI is InChI=1S/C22H23NO8S/c1-12(24)28-18-11-32-22(21(30-14(3)26)20(18)29-13(2)25)31-17-6-4-5-15(9-17)16-7-8-19(27)23-10-16/h4-10,18,20-22H,11H2,1-3H3,(H,23,27)/t18-,20+,21-,22-/m1/s1. The zero-order valence-corrected chi connectivity index (χ0v) is 18.5. The maximum atomic E-state index is 11.8. The maximum Gasteiger partial charge on any atom is 0.303 e. The highest BCUT2D eigenvalue weighted by atomic mass is 32.2. The summed E-state index contributed by atoms with van der Waals surface area (Å²) in [5.41, 5.74) is 0.853. The number of aromatic hydroxyl groups is 1. The second-order valence-electron chi connectivity index (χ2n) is 7.05. The SMILES string of the molecule is CC(=O)O[C@@H]1[C@@H](OC(C)=O)[C@H](OC(C)=O)CS[C@H]1Oc1cccc(-c2ccc(O)nc2)c1. The Balaban J connectivity index is 1.86. The fourth-order valence-electron chi connectivity index (χ4n) is 3.25. The van der Waals surface area contributed by atoms with E-state index in [0.717, 1.165) is 11.1 Å². The molecule has 0 spiro atoms. The summed E-state index contributed by atoms with van der Waals surface area (Å²) in [6, 6.07) is 10.4. The number of hydrogen-bond donors (Lipinski definition) is 1. The minimum atomic E-state index is -1.02.